The molecule has 4 aromatic rings. The van der Waals surface area contributed by atoms with Crippen molar-refractivity contribution in [2.24, 2.45) is 17.8 Å². The van der Waals surface area contributed by atoms with Gasteiger partial charge in [-0.3, -0.25) is 19.7 Å². The van der Waals surface area contributed by atoms with Crippen LogP contribution in [0.2, 0.25) is 0 Å². The average Bonchev–Trinajstić information content (AvgIpc) is 3.79. The van der Waals surface area contributed by atoms with Crippen LogP contribution in [0.5, 0.6) is 0 Å². The molecule has 0 spiro atoms. The third-order valence-electron chi connectivity index (χ3n) is 7.67. The lowest BCUT2D eigenvalue weighted by molar-refractivity contribution is -0.123. The lowest BCUT2D eigenvalue weighted by Gasteiger charge is -2.22. The Morgan fingerprint density at radius 2 is 1.95 bits per heavy atom. The Kier molecular flexibility index (Phi) is 4.86. The standard InChI is InChI=1S/C26H25F2N7O2/c1-11-20(17-9-35-10-18(31-19(35)8-29-17)32-26(37)14-6-16(14)27)15-7-30-34-24(15)21(22(11)28)23(12-2-3-12)33-25(36)13-4-5-13/h7-10,12-14,16,23H,2-6H2,1H3,(H,30,34)(H,32,37)(H,33,36)/t14-,16+,23?/m1/s1. The monoisotopic (exact) mass is 505 g/mol. The Labute approximate surface area is 210 Å². The minimum atomic E-state index is -1.09. The van der Waals surface area contributed by atoms with Crippen LogP contribution in [-0.2, 0) is 9.59 Å². The van der Waals surface area contributed by atoms with Gasteiger partial charge in [0, 0.05) is 28.6 Å². The first-order valence-corrected chi connectivity index (χ1v) is 12.6. The highest BCUT2D eigenvalue weighted by atomic mass is 19.1. The third-order valence-corrected chi connectivity index (χ3v) is 7.67. The minimum Gasteiger partial charge on any atom is -0.349 e. The zero-order valence-electron chi connectivity index (χ0n) is 20.1. The maximum atomic E-state index is 16.1. The molecule has 7 rings (SSSR count). The number of halogens is 2. The van der Waals surface area contributed by atoms with Gasteiger partial charge in [0.2, 0.25) is 11.8 Å². The number of hydrogen-bond acceptors (Lipinski definition) is 5. The van der Waals surface area contributed by atoms with E-state index in [-0.39, 0.29) is 30.0 Å². The van der Waals surface area contributed by atoms with Crippen molar-refractivity contribution < 1.29 is 18.4 Å². The van der Waals surface area contributed by atoms with E-state index in [0.717, 1.165) is 25.7 Å². The second kappa shape index (κ2) is 8.06. The smallest absolute Gasteiger partial charge is 0.231 e. The normalized spacial score (nSPS) is 21.8. The number of benzene rings is 1. The highest BCUT2D eigenvalue weighted by Gasteiger charge is 2.44. The predicted molar refractivity (Wildman–Crippen MR) is 131 cm³/mol. The van der Waals surface area contributed by atoms with E-state index < -0.39 is 24.0 Å². The summed E-state index contributed by atoms with van der Waals surface area (Å²) >= 11 is 0. The number of carbonyl (C=O) groups is 2. The number of fused-ring (bicyclic) bond motifs is 2. The van der Waals surface area contributed by atoms with Gasteiger partial charge < -0.3 is 15.0 Å². The summed E-state index contributed by atoms with van der Waals surface area (Å²) in [7, 11) is 0. The van der Waals surface area contributed by atoms with Crippen molar-refractivity contribution in [3.63, 3.8) is 0 Å². The molecule has 0 saturated heterocycles. The number of hydrogen-bond donors (Lipinski definition) is 3. The fraction of sp³-hybridized carbons (Fsp3) is 0.423. The first kappa shape index (κ1) is 22.3. The van der Waals surface area contributed by atoms with Crippen molar-refractivity contribution >= 4 is 34.2 Å². The highest BCUT2D eigenvalue weighted by molar-refractivity contribution is 5.98. The van der Waals surface area contributed by atoms with Crippen molar-refractivity contribution in [3.8, 4) is 11.3 Å². The molecule has 3 aromatic heterocycles. The van der Waals surface area contributed by atoms with Crippen molar-refractivity contribution in [1.82, 2.24) is 29.9 Å². The SMILES string of the molecule is Cc1c(F)c(C(NC(=O)C2CC2)C2CC2)c2[nH]ncc2c1-c1cn2cc(NC(=O)[C@@H]3C[C@@H]3F)nc2cn1. The molecule has 11 heteroatoms. The van der Waals surface area contributed by atoms with Gasteiger partial charge in [-0.25, -0.2) is 13.8 Å². The minimum absolute atomic E-state index is 0.00969. The van der Waals surface area contributed by atoms with Gasteiger partial charge >= 0.3 is 0 Å². The van der Waals surface area contributed by atoms with Crippen LogP contribution in [0, 0.1) is 30.5 Å². The van der Waals surface area contributed by atoms with E-state index in [1.807, 2.05) is 0 Å². The molecule has 0 aliphatic heterocycles. The van der Waals surface area contributed by atoms with Crippen LogP contribution < -0.4 is 10.6 Å². The fourth-order valence-corrected chi connectivity index (χ4v) is 5.14. The Hall–Kier alpha value is -3.89. The van der Waals surface area contributed by atoms with Crippen molar-refractivity contribution in [1.29, 1.82) is 0 Å². The summed E-state index contributed by atoms with van der Waals surface area (Å²) in [6.45, 7) is 1.71. The molecule has 9 nitrogen and oxygen atoms in total. The maximum Gasteiger partial charge on any atom is 0.231 e. The summed E-state index contributed by atoms with van der Waals surface area (Å²) in [6.07, 6.45) is 9.32. The second-order valence-electron chi connectivity index (χ2n) is 10.5. The van der Waals surface area contributed by atoms with E-state index in [1.54, 1.807) is 36.1 Å². The van der Waals surface area contributed by atoms with Gasteiger partial charge in [0.05, 0.1) is 41.8 Å². The lowest BCUT2D eigenvalue weighted by Crippen LogP contribution is -2.32. The van der Waals surface area contributed by atoms with E-state index in [2.05, 4.69) is 30.8 Å². The van der Waals surface area contributed by atoms with Crippen LogP contribution in [0.25, 0.3) is 27.8 Å². The van der Waals surface area contributed by atoms with E-state index in [0.29, 0.717) is 44.8 Å². The van der Waals surface area contributed by atoms with Crippen molar-refractivity contribution in [3.05, 3.63) is 41.7 Å². The Bertz CT molecular complexity index is 1590. The number of imidazole rings is 1. The molecule has 1 unspecified atom stereocenters. The predicted octanol–water partition coefficient (Wildman–Crippen LogP) is 3.99. The number of aromatic amines is 1. The second-order valence-corrected chi connectivity index (χ2v) is 10.5. The molecule has 37 heavy (non-hydrogen) atoms. The van der Waals surface area contributed by atoms with E-state index in [1.165, 1.54) is 0 Å². The summed E-state index contributed by atoms with van der Waals surface area (Å²) in [5.74, 6) is -0.873. The Morgan fingerprint density at radius 3 is 2.65 bits per heavy atom. The number of H-pyrrole nitrogens is 1. The van der Waals surface area contributed by atoms with E-state index in [4.69, 9.17) is 0 Å². The number of amides is 2. The number of nitrogens with zero attached hydrogens (tertiary/aromatic N) is 4. The molecule has 0 radical (unpaired) electrons. The molecule has 3 atom stereocenters. The highest BCUT2D eigenvalue weighted by Crippen LogP contribution is 2.46. The van der Waals surface area contributed by atoms with Gasteiger partial charge in [-0.05, 0) is 50.5 Å². The number of rotatable bonds is 7. The largest absolute Gasteiger partial charge is 0.349 e. The number of aromatic nitrogens is 5. The molecule has 190 valence electrons. The molecule has 3 N–H and O–H groups in total. The van der Waals surface area contributed by atoms with Crippen molar-refractivity contribution in [2.75, 3.05) is 5.32 Å². The summed E-state index contributed by atoms with van der Waals surface area (Å²) in [6, 6.07) is -0.408. The van der Waals surface area contributed by atoms with Crippen LogP contribution in [0.3, 0.4) is 0 Å². The van der Waals surface area contributed by atoms with Crippen LogP contribution in [0.4, 0.5) is 14.6 Å². The molecule has 3 fully saturated rings. The zero-order valence-corrected chi connectivity index (χ0v) is 20.1. The Balaban J connectivity index is 1.28. The zero-order chi connectivity index (χ0) is 25.4. The molecule has 0 bridgehead atoms. The van der Waals surface area contributed by atoms with Gasteiger partial charge in [-0.2, -0.15) is 5.10 Å². The average molecular weight is 506 g/mol. The topological polar surface area (TPSA) is 117 Å². The molecular formula is C26H25F2N7O2. The van der Waals surface area contributed by atoms with Crippen LogP contribution in [0.1, 0.15) is 49.3 Å². The number of anilines is 1. The van der Waals surface area contributed by atoms with Gasteiger partial charge in [0.25, 0.3) is 0 Å². The third kappa shape index (κ3) is 3.84. The quantitative estimate of drug-likeness (QED) is 0.351. The summed E-state index contributed by atoms with van der Waals surface area (Å²) in [4.78, 5) is 33.6. The first-order valence-electron chi connectivity index (χ1n) is 12.6. The van der Waals surface area contributed by atoms with Crippen LogP contribution >= 0.6 is 0 Å². The summed E-state index contributed by atoms with van der Waals surface area (Å²) in [5.41, 5.74) is 3.00. The van der Waals surface area contributed by atoms with E-state index in [9.17, 15) is 14.0 Å². The summed E-state index contributed by atoms with van der Waals surface area (Å²) < 4.78 is 31.0. The number of nitrogens with one attached hydrogen (secondary N) is 3. The first-order chi connectivity index (χ1) is 17.9. The maximum absolute atomic E-state index is 16.1. The van der Waals surface area contributed by atoms with Gasteiger partial charge in [0.1, 0.15) is 12.0 Å². The summed E-state index contributed by atoms with van der Waals surface area (Å²) in [5, 5.41) is 13.6. The lowest BCUT2D eigenvalue weighted by atomic mass is 9.91. The molecule has 3 saturated carbocycles. The fourth-order valence-electron chi connectivity index (χ4n) is 5.14. The number of alkyl halides is 1. The van der Waals surface area contributed by atoms with E-state index >= 15 is 4.39 Å². The van der Waals surface area contributed by atoms with Gasteiger partial charge in [-0.15, -0.1) is 0 Å². The van der Waals surface area contributed by atoms with Crippen LogP contribution in [-0.4, -0.2) is 42.6 Å². The molecule has 3 aliphatic rings. The van der Waals surface area contributed by atoms with Crippen LogP contribution in [0.15, 0.2) is 24.8 Å². The van der Waals surface area contributed by atoms with Gasteiger partial charge in [-0.1, -0.05) is 0 Å². The Morgan fingerprint density at radius 1 is 1.16 bits per heavy atom. The van der Waals surface area contributed by atoms with Crippen molar-refractivity contribution in [2.45, 2.75) is 51.2 Å². The van der Waals surface area contributed by atoms with Gasteiger partial charge in [0.15, 0.2) is 11.5 Å². The molecule has 1 aromatic carbocycles. The molecule has 3 heterocycles. The molecule has 3 aliphatic carbocycles. The molecule has 2 amide bonds. The number of carbonyl (C=O) groups excluding carboxylic acids is 2. The molecular weight excluding hydrogens is 480 g/mol.